The number of hydrogen-bond acceptors (Lipinski definition) is 10. The van der Waals surface area contributed by atoms with Crippen molar-refractivity contribution in [3.05, 3.63) is 0 Å². The summed E-state index contributed by atoms with van der Waals surface area (Å²) in [5, 5.41) is 6.22. The Kier molecular flexibility index (Phi) is 13.7. The zero-order valence-electron chi connectivity index (χ0n) is 22.7. The van der Waals surface area contributed by atoms with Crippen LogP contribution in [0.4, 0.5) is 0 Å². The van der Waals surface area contributed by atoms with Crippen LogP contribution in [0.15, 0.2) is 5.16 Å². The van der Waals surface area contributed by atoms with E-state index in [1.54, 1.807) is 6.92 Å². The second-order valence-electron chi connectivity index (χ2n) is 9.48. The number of nitrogens with one attached hydrogen (secondary N) is 1. The fourth-order valence-electron chi connectivity index (χ4n) is 3.61. The van der Waals surface area contributed by atoms with Crippen LogP contribution >= 0.6 is 11.8 Å². The zero-order valence-corrected chi connectivity index (χ0v) is 23.5. The molecule has 2 unspecified atom stereocenters. The number of nitrogens with zero attached hydrogens (tertiary/aromatic N) is 3. The van der Waals surface area contributed by atoms with E-state index in [4.69, 9.17) is 14.3 Å². The third-order valence-corrected chi connectivity index (χ3v) is 7.38. The molecule has 0 radical (unpaired) electrons. The molecule has 2 rings (SSSR count). The molecule has 0 aromatic carbocycles. The lowest BCUT2D eigenvalue weighted by Crippen LogP contribution is -2.35. The van der Waals surface area contributed by atoms with E-state index in [0.717, 1.165) is 5.71 Å². The number of carbonyl (C=O) groups excluding carboxylic acids is 5. The van der Waals surface area contributed by atoms with E-state index in [0.29, 0.717) is 18.2 Å². The van der Waals surface area contributed by atoms with E-state index >= 15 is 0 Å². The molecular weight excluding hydrogens is 516 g/mol. The molecule has 0 aliphatic carbocycles. The second kappa shape index (κ2) is 16.5. The monoisotopic (exact) mass is 556 g/mol. The van der Waals surface area contributed by atoms with Crippen molar-refractivity contribution < 1.29 is 38.3 Å². The Morgan fingerprint density at radius 1 is 0.974 bits per heavy atom. The summed E-state index contributed by atoms with van der Waals surface area (Å²) >= 11 is 1.30. The molecule has 2 heterocycles. The molecule has 1 N–H and O–H groups in total. The van der Waals surface area contributed by atoms with Gasteiger partial charge in [0.2, 0.25) is 29.5 Å². The van der Waals surface area contributed by atoms with Crippen molar-refractivity contribution in [3.8, 4) is 0 Å². The minimum Gasteiger partial charge on any atom is -0.394 e. The Hall–Kier alpha value is -2.51. The highest BCUT2D eigenvalue weighted by Crippen LogP contribution is 2.25. The van der Waals surface area contributed by atoms with Crippen molar-refractivity contribution >= 4 is 47.0 Å². The van der Waals surface area contributed by atoms with Crippen molar-refractivity contribution in [2.75, 3.05) is 58.4 Å². The lowest BCUT2D eigenvalue weighted by Gasteiger charge is -2.16. The standard InChI is InChI=1S/C25H40N4O8S/c1-17(2)19(4)27-37-9-6-26-21(30)5-14-38-20-16-23(32)29(25(20)34)8-11-36-13-12-35-10-7-28-22(31)15-18(3)24(28)33/h17-18,20H,5-16H2,1-4H3,(H,26,30)/b27-19+. The first-order valence-corrected chi connectivity index (χ1v) is 14.0. The Bertz CT molecular complexity index is 881. The number of hydrogen-bond donors (Lipinski definition) is 1. The SMILES string of the molecule is C/C(=N\OCCNC(=O)CCSC1CC(=O)N(CCOCCOCCN2C(=O)CC(C)C2=O)C1=O)C(C)C. The molecular formula is C25H40N4O8S. The number of imide groups is 2. The van der Waals surface area contributed by atoms with Gasteiger partial charge in [0, 0.05) is 30.9 Å². The smallest absolute Gasteiger partial charge is 0.242 e. The average molecular weight is 557 g/mol. The fraction of sp³-hybridized carbons (Fsp3) is 0.760. The molecule has 214 valence electrons. The summed E-state index contributed by atoms with van der Waals surface area (Å²) in [5.41, 5.74) is 0.885. The molecule has 0 aromatic rings. The number of oxime groups is 1. The van der Waals surface area contributed by atoms with Crippen molar-refractivity contribution in [3.63, 3.8) is 0 Å². The highest BCUT2D eigenvalue weighted by atomic mass is 32.2. The Morgan fingerprint density at radius 2 is 1.58 bits per heavy atom. The lowest BCUT2D eigenvalue weighted by atomic mass is 10.1. The summed E-state index contributed by atoms with van der Waals surface area (Å²) in [7, 11) is 0. The molecule has 5 amide bonds. The Balaban J connectivity index is 1.51. The van der Waals surface area contributed by atoms with Gasteiger partial charge in [0.15, 0.2) is 0 Å². The van der Waals surface area contributed by atoms with Crippen LogP contribution in [0, 0.1) is 11.8 Å². The van der Waals surface area contributed by atoms with Crippen LogP contribution in [0.2, 0.25) is 0 Å². The topological polar surface area (TPSA) is 144 Å². The third-order valence-electron chi connectivity index (χ3n) is 6.17. The molecule has 2 fully saturated rings. The van der Waals surface area contributed by atoms with Crippen molar-refractivity contribution in [2.24, 2.45) is 17.0 Å². The van der Waals surface area contributed by atoms with Gasteiger partial charge in [0.25, 0.3) is 0 Å². The number of ether oxygens (including phenoxy) is 2. The van der Waals surface area contributed by atoms with Gasteiger partial charge in [0.1, 0.15) is 6.61 Å². The predicted molar refractivity (Wildman–Crippen MR) is 141 cm³/mol. The highest BCUT2D eigenvalue weighted by Gasteiger charge is 2.38. The quantitative estimate of drug-likeness (QED) is 0.112. The number of rotatable bonds is 18. The predicted octanol–water partition coefficient (Wildman–Crippen LogP) is 0.830. The summed E-state index contributed by atoms with van der Waals surface area (Å²) in [6, 6.07) is 0. The van der Waals surface area contributed by atoms with Crippen molar-refractivity contribution in [1.82, 2.24) is 15.1 Å². The summed E-state index contributed by atoms with van der Waals surface area (Å²) in [6.07, 6.45) is 0.593. The van der Waals surface area contributed by atoms with Gasteiger partial charge >= 0.3 is 0 Å². The van der Waals surface area contributed by atoms with Gasteiger partial charge < -0.3 is 19.6 Å². The highest BCUT2D eigenvalue weighted by molar-refractivity contribution is 8.00. The van der Waals surface area contributed by atoms with E-state index in [-0.39, 0.29) is 101 Å². The first kappa shape index (κ1) is 31.7. The first-order chi connectivity index (χ1) is 18.1. The Morgan fingerprint density at radius 3 is 2.16 bits per heavy atom. The van der Waals surface area contributed by atoms with Gasteiger partial charge in [-0.05, 0) is 12.8 Å². The van der Waals surface area contributed by atoms with E-state index in [1.165, 1.54) is 21.6 Å². The minimum atomic E-state index is -0.492. The molecule has 12 nitrogen and oxygen atoms in total. The van der Waals surface area contributed by atoms with E-state index in [1.807, 2.05) is 20.8 Å². The molecule has 2 saturated heterocycles. The van der Waals surface area contributed by atoms with Crippen molar-refractivity contribution in [2.45, 2.75) is 52.2 Å². The van der Waals surface area contributed by atoms with Crippen LogP contribution in [0.5, 0.6) is 0 Å². The second-order valence-corrected chi connectivity index (χ2v) is 10.8. The molecule has 38 heavy (non-hydrogen) atoms. The van der Waals surface area contributed by atoms with Gasteiger partial charge in [-0.1, -0.05) is 25.9 Å². The van der Waals surface area contributed by atoms with E-state index < -0.39 is 5.25 Å². The minimum absolute atomic E-state index is 0.113. The normalized spacial score (nSPS) is 20.3. The molecule has 0 spiro atoms. The molecule has 2 aliphatic rings. The largest absolute Gasteiger partial charge is 0.394 e. The number of amides is 5. The first-order valence-electron chi connectivity index (χ1n) is 13.0. The number of likely N-dealkylation sites (tertiary alicyclic amines) is 2. The molecule has 0 bridgehead atoms. The number of carbonyl (C=O) groups is 5. The molecule has 0 saturated carbocycles. The van der Waals surface area contributed by atoms with Gasteiger partial charge in [-0.25, -0.2) is 0 Å². The number of thioether (sulfide) groups is 1. The van der Waals surface area contributed by atoms with Crippen LogP contribution in [-0.4, -0.2) is 109 Å². The Labute approximate surface area is 228 Å². The van der Waals surface area contributed by atoms with Gasteiger partial charge in [0.05, 0.1) is 57.0 Å². The van der Waals surface area contributed by atoms with Crippen molar-refractivity contribution in [1.29, 1.82) is 0 Å². The van der Waals surface area contributed by atoms with Crippen LogP contribution < -0.4 is 5.32 Å². The van der Waals surface area contributed by atoms with E-state index in [2.05, 4.69) is 10.5 Å². The summed E-state index contributed by atoms with van der Waals surface area (Å²) < 4.78 is 10.9. The van der Waals surface area contributed by atoms with Gasteiger partial charge in [-0.15, -0.1) is 11.8 Å². The summed E-state index contributed by atoms with van der Waals surface area (Å²) in [4.78, 5) is 67.9. The maximum absolute atomic E-state index is 12.6. The van der Waals surface area contributed by atoms with Crippen LogP contribution in [0.3, 0.4) is 0 Å². The third kappa shape index (κ3) is 10.3. The maximum atomic E-state index is 12.6. The van der Waals surface area contributed by atoms with Crippen LogP contribution in [0.25, 0.3) is 0 Å². The molecule has 13 heteroatoms. The van der Waals surface area contributed by atoms with Crippen LogP contribution in [0.1, 0.15) is 47.0 Å². The van der Waals surface area contributed by atoms with Gasteiger partial charge in [-0.3, -0.25) is 33.8 Å². The molecule has 2 aliphatic heterocycles. The maximum Gasteiger partial charge on any atom is 0.242 e. The lowest BCUT2D eigenvalue weighted by molar-refractivity contribution is -0.141. The molecule has 0 aromatic heterocycles. The van der Waals surface area contributed by atoms with Gasteiger partial charge in [-0.2, -0.15) is 0 Å². The average Bonchev–Trinajstić information content (AvgIpc) is 3.27. The fourth-order valence-corrected chi connectivity index (χ4v) is 4.72. The molecule has 2 atom stereocenters. The zero-order chi connectivity index (χ0) is 28.1. The van der Waals surface area contributed by atoms with Crippen LogP contribution in [-0.2, 0) is 38.3 Å². The summed E-state index contributed by atoms with van der Waals surface area (Å²) in [6.45, 7) is 9.60. The summed E-state index contributed by atoms with van der Waals surface area (Å²) in [5.74, 6) is -0.544. The van der Waals surface area contributed by atoms with E-state index in [9.17, 15) is 24.0 Å².